The molecule has 1 aromatic carbocycles. The first kappa shape index (κ1) is 15.1. The standard InChI is InChI=1S/C15H20BrN3O/c1-8-7-11(9(2)10(3)14(8)20-4)13-15(16)19-12(18-13)5-6-17/h7H,5-6,17H2,1-4H3,(H,18,19). The second-order valence-electron chi connectivity index (χ2n) is 4.91. The minimum absolute atomic E-state index is 0.582. The van der Waals surface area contributed by atoms with Crippen molar-refractivity contribution in [3.8, 4) is 17.0 Å². The average molecular weight is 338 g/mol. The van der Waals surface area contributed by atoms with Crippen molar-refractivity contribution in [3.63, 3.8) is 0 Å². The molecule has 0 unspecified atom stereocenters. The maximum atomic E-state index is 5.58. The maximum Gasteiger partial charge on any atom is 0.124 e. The zero-order valence-corrected chi connectivity index (χ0v) is 13.9. The molecule has 0 bridgehead atoms. The molecule has 1 heterocycles. The van der Waals surface area contributed by atoms with Crippen molar-refractivity contribution < 1.29 is 4.74 Å². The van der Waals surface area contributed by atoms with Crippen LogP contribution in [0, 0.1) is 20.8 Å². The summed E-state index contributed by atoms with van der Waals surface area (Å²) in [5.41, 5.74) is 11.1. The van der Waals surface area contributed by atoms with E-state index in [0.717, 1.165) is 45.0 Å². The minimum Gasteiger partial charge on any atom is -0.496 e. The number of nitrogens with one attached hydrogen (secondary N) is 1. The SMILES string of the molecule is COc1c(C)cc(-c2nc(CCN)[nH]c2Br)c(C)c1C. The van der Waals surface area contributed by atoms with Crippen LogP contribution in [0.5, 0.6) is 5.75 Å². The number of benzene rings is 1. The number of rotatable bonds is 4. The molecule has 0 amide bonds. The molecule has 0 atom stereocenters. The molecule has 1 aromatic heterocycles. The molecule has 108 valence electrons. The lowest BCUT2D eigenvalue weighted by Crippen LogP contribution is -2.03. The van der Waals surface area contributed by atoms with Gasteiger partial charge in [-0.25, -0.2) is 4.98 Å². The van der Waals surface area contributed by atoms with Crippen molar-refractivity contribution in [2.24, 2.45) is 5.73 Å². The number of aryl methyl sites for hydroxylation is 1. The van der Waals surface area contributed by atoms with Gasteiger partial charge in [-0.05, 0) is 66.0 Å². The fourth-order valence-corrected chi connectivity index (χ4v) is 2.98. The van der Waals surface area contributed by atoms with Gasteiger partial charge in [-0.3, -0.25) is 0 Å². The van der Waals surface area contributed by atoms with Gasteiger partial charge in [0.2, 0.25) is 0 Å². The van der Waals surface area contributed by atoms with E-state index in [1.165, 1.54) is 5.56 Å². The number of methoxy groups -OCH3 is 1. The quantitative estimate of drug-likeness (QED) is 0.899. The average Bonchev–Trinajstić information content (AvgIpc) is 2.76. The molecule has 0 aliphatic rings. The number of ether oxygens (including phenoxy) is 1. The van der Waals surface area contributed by atoms with E-state index in [-0.39, 0.29) is 0 Å². The Labute approximate surface area is 127 Å². The summed E-state index contributed by atoms with van der Waals surface area (Å²) in [6.07, 6.45) is 0.742. The number of hydrogen-bond acceptors (Lipinski definition) is 3. The summed E-state index contributed by atoms with van der Waals surface area (Å²) in [5, 5.41) is 0. The van der Waals surface area contributed by atoms with Crippen LogP contribution >= 0.6 is 15.9 Å². The summed E-state index contributed by atoms with van der Waals surface area (Å²) in [6, 6.07) is 2.12. The zero-order valence-electron chi connectivity index (χ0n) is 12.3. The van der Waals surface area contributed by atoms with Gasteiger partial charge in [0.05, 0.1) is 7.11 Å². The Hall–Kier alpha value is -1.33. The smallest absolute Gasteiger partial charge is 0.124 e. The molecule has 2 rings (SSSR count). The Balaban J connectivity index is 2.58. The molecule has 5 heteroatoms. The van der Waals surface area contributed by atoms with Gasteiger partial charge in [0.25, 0.3) is 0 Å². The van der Waals surface area contributed by atoms with E-state index in [2.05, 4.69) is 52.7 Å². The maximum absolute atomic E-state index is 5.58. The van der Waals surface area contributed by atoms with Crippen LogP contribution in [0.4, 0.5) is 0 Å². The Morgan fingerprint density at radius 3 is 2.60 bits per heavy atom. The van der Waals surface area contributed by atoms with E-state index in [0.29, 0.717) is 6.54 Å². The molecular formula is C15H20BrN3O. The topological polar surface area (TPSA) is 63.9 Å². The lowest BCUT2D eigenvalue weighted by Gasteiger charge is -2.14. The van der Waals surface area contributed by atoms with Crippen LogP contribution in [0.1, 0.15) is 22.5 Å². The first-order valence-electron chi connectivity index (χ1n) is 6.59. The first-order valence-corrected chi connectivity index (χ1v) is 7.38. The Kier molecular flexibility index (Phi) is 4.50. The van der Waals surface area contributed by atoms with E-state index >= 15 is 0 Å². The van der Waals surface area contributed by atoms with Gasteiger partial charge in [-0.15, -0.1) is 0 Å². The highest BCUT2D eigenvalue weighted by Gasteiger charge is 2.17. The molecule has 0 aliphatic carbocycles. The van der Waals surface area contributed by atoms with Gasteiger partial charge in [-0.2, -0.15) is 0 Å². The summed E-state index contributed by atoms with van der Waals surface area (Å²) in [5.74, 6) is 1.85. The number of hydrogen-bond donors (Lipinski definition) is 2. The van der Waals surface area contributed by atoms with E-state index in [1.807, 2.05) is 0 Å². The number of halogens is 1. The van der Waals surface area contributed by atoms with Crippen molar-refractivity contribution in [1.29, 1.82) is 0 Å². The number of aromatic amines is 1. The largest absolute Gasteiger partial charge is 0.496 e. The van der Waals surface area contributed by atoms with Crippen LogP contribution < -0.4 is 10.5 Å². The van der Waals surface area contributed by atoms with Crippen molar-refractivity contribution >= 4 is 15.9 Å². The van der Waals surface area contributed by atoms with Gasteiger partial charge < -0.3 is 15.5 Å². The van der Waals surface area contributed by atoms with E-state index in [1.54, 1.807) is 7.11 Å². The normalized spacial score (nSPS) is 10.9. The first-order chi connectivity index (χ1) is 9.49. The molecule has 0 saturated carbocycles. The number of aromatic nitrogens is 2. The Bertz CT molecular complexity index is 635. The number of nitrogens with two attached hydrogens (primary N) is 1. The van der Waals surface area contributed by atoms with Crippen molar-refractivity contribution in [2.45, 2.75) is 27.2 Å². The van der Waals surface area contributed by atoms with Crippen LogP contribution in [0.25, 0.3) is 11.3 Å². The highest BCUT2D eigenvalue weighted by molar-refractivity contribution is 9.10. The van der Waals surface area contributed by atoms with E-state index < -0.39 is 0 Å². The van der Waals surface area contributed by atoms with E-state index in [9.17, 15) is 0 Å². The number of nitrogens with zero attached hydrogens (tertiary/aromatic N) is 1. The van der Waals surface area contributed by atoms with Gasteiger partial charge in [0.15, 0.2) is 0 Å². The van der Waals surface area contributed by atoms with Crippen LogP contribution in [-0.2, 0) is 6.42 Å². The van der Waals surface area contributed by atoms with Gasteiger partial charge in [-0.1, -0.05) is 0 Å². The van der Waals surface area contributed by atoms with Crippen LogP contribution in [-0.4, -0.2) is 23.6 Å². The third-order valence-corrected chi connectivity index (χ3v) is 4.15. The van der Waals surface area contributed by atoms with Gasteiger partial charge >= 0.3 is 0 Å². The van der Waals surface area contributed by atoms with Crippen molar-refractivity contribution in [2.75, 3.05) is 13.7 Å². The highest BCUT2D eigenvalue weighted by Crippen LogP contribution is 2.36. The molecule has 3 N–H and O–H groups in total. The second-order valence-corrected chi connectivity index (χ2v) is 5.70. The molecule has 4 nitrogen and oxygen atoms in total. The molecular weight excluding hydrogens is 318 g/mol. The fraction of sp³-hybridized carbons (Fsp3) is 0.400. The monoisotopic (exact) mass is 337 g/mol. The summed E-state index contributed by atoms with van der Waals surface area (Å²) in [4.78, 5) is 7.88. The van der Waals surface area contributed by atoms with Crippen LogP contribution in [0.3, 0.4) is 0 Å². The summed E-state index contributed by atoms with van der Waals surface area (Å²) in [6.45, 7) is 6.80. The summed E-state index contributed by atoms with van der Waals surface area (Å²) in [7, 11) is 1.71. The Morgan fingerprint density at radius 1 is 1.30 bits per heavy atom. The molecule has 20 heavy (non-hydrogen) atoms. The summed E-state index contributed by atoms with van der Waals surface area (Å²) >= 11 is 3.55. The lowest BCUT2D eigenvalue weighted by molar-refractivity contribution is 0.408. The van der Waals surface area contributed by atoms with Crippen LogP contribution in [0.15, 0.2) is 10.7 Å². The third kappa shape index (κ3) is 2.60. The molecule has 0 radical (unpaired) electrons. The molecule has 0 saturated heterocycles. The molecule has 0 fully saturated rings. The highest BCUT2D eigenvalue weighted by atomic mass is 79.9. The van der Waals surface area contributed by atoms with Crippen molar-refractivity contribution in [3.05, 3.63) is 33.2 Å². The van der Waals surface area contributed by atoms with Gasteiger partial charge in [0, 0.05) is 12.0 Å². The molecule has 2 aromatic rings. The third-order valence-electron chi connectivity index (χ3n) is 3.58. The van der Waals surface area contributed by atoms with E-state index in [4.69, 9.17) is 10.5 Å². The Morgan fingerprint density at radius 2 is 2.00 bits per heavy atom. The predicted molar refractivity (Wildman–Crippen MR) is 85.2 cm³/mol. The van der Waals surface area contributed by atoms with Gasteiger partial charge in [0.1, 0.15) is 21.9 Å². The predicted octanol–water partition coefficient (Wildman–Crippen LogP) is 3.27. The van der Waals surface area contributed by atoms with Crippen molar-refractivity contribution in [1.82, 2.24) is 9.97 Å². The molecule has 0 spiro atoms. The minimum atomic E-state index is 0.582. The zero-order chi connectivity index (χ0) is 14.9. The second kappa shape index (κ2) is 5.97. The summed E-state index contributed by atoms with van der Waals surface area (Å²) < 4.78 is 6.36. The molecule has 0 aliphatic heterocycles. The lowest BCUT2D eigenvalue weighted by atomic mass is 9.97. The number of imidazole rings is 1. The van der Waals surface area contributed by atoms with Crippen LogP contribution in [0.2, 0.25) is 0 Å². The fourth-order valence-electron chi connectivity index (χ4n) is 2.45. The number of H-pyrrole nitrogens is 1.